The third kappa shape index (κ3) is 5.33. The number of Topliss-reactive ketones (excluding diaryl/α,β-unsaturated/α-hetero) is 1. The summed E-state index contributed by atoms with van der Waals surface area (Å²) in [5.41, 5.74) is 4.02. The summed E-state index contributed by atoms with van der Waals surface area (Å²) in [5, 5.41) is 0. The van der Waals surface area contributed by atoms with Crippen LogP contribution in [0, 0.1) is 11.8 Å². The van der Waals surface area contributed by atoms with Crippen molar-refractivity contribution in [1.82, 2.24) is 9.55 Å². The Balaban J connectivity index is 1.96. The summed E-state index contributed by atoms with van der Waals surface area (Å²) >= 11 is 0. The Bertz CT molecular complexity index is 803. The number of carbonyl (C=O) groups excluding carboxylic acids is 2. The molecular weight excluding hydrogens is 362 g/mol. The fourth-order valence-corrected chi connectivity index (χ4v) is 3.81. The zero-order valence-electron chi connectivity index (χ0n) is 16.8. The van der Waals surface area contributed by atoms with E-state index in [0.29, 0.717) is 12.3 Å². The molecule has 1 heterocycles. The van der Waals surface area contributed by atoms with Gasteiger partial charge in [0.15, 0.2) is 6.61 Å². The summed E-state index contributed by atoms with van der Waals surface area (Å²) in [5.74, 6) is -0.820. The van der Waals surface area contributed by atoms with Gasteiger partial charge in [0.1, 0.15) is 11.4 Å². The standard InChI is InChI=1S/C20H31N3O5/c1-3-5-6-13-7-9-14(10-8-13)19(26)28-12-15(24)16-17(21)23(11-4-2)20(27)22-18(16)25/h13-14H,3-12,21H2,1-2H3,(H,22,25,27). The lowest BCUT2D eigenvalue weighted by atomic mass is 9.80. The van der Waals surface area contributed by atoms with Crippen LogP contribution in [0.25, 0.3) is 0 Å². The molecule has 1 saturated carbocycles. The number of nitrogens with two attached hydrogens (primary N) is 1. The number of nitrogens with one attached hydrogen (secondary N) is 1. The lowest BCUT2D eigenvalue weighted by Gasteiger charge is -2.27. The van der Waals surface area contributed by atoms with Gasteiger partial charge in [-0.2, -0.15) is 0 Å². The minimum Gasteiger partial charge on any atom is -0.457 e. The predicted octanol–water partition coefficient (Wildman–Crippen LogP) is 2.25. The SMILES string of the molecule is CCCCC1CCC(C(=O)OCC(=O)c2c(N)n(CCC)c(=O)[nH]c2=O)CC1. The molecule has 1 aliphatic carbocycles. The molecule has 1 aliphatic rings. The Morgan fingerprint density at radius 1 is 1.14 bits per heavy atom. The highest BCUT2D eigenvalue weighted by atomic mass is 16.5. The van der Waals surface area contributed by atoms with Crippen LogP contribution in [0.5, 0.6) is 0 Å². The fourth-order valence-electron chi connectivity index (χ4n) is 3.81. The van der Waals surface area contributed by atoms with Crippen molar-refractivity contribution in [3.8, 4) is 0 Å². The minimum atomic E-state index is -0.854. The van der Waals surface area contributed by atoms with Gasteiger partial charge in [0.25, 0.3) is 5.56 Å². The third-order valence-corrected chi connectivity index (χ3v) is 5.46. The van der Waals surface area contributed by atoms with Crippen LogP contribution in [-0.4, -0.2) is 27.9 Å². The number of nitrogens with zero attached hydrogens (tertiary/aromatic N) is 1. The van der Waals surface area contributed by atoms with Gasteiger partial charge in [0, 0.05) is 6.54 Å². The van der Waals surface area contributed by atoms with E-state index < -0.39 is 29.6 Å². The topological polar surface area (TPSA) is 124 Å². The number of nitrogen functional groups attached to an aromatic ring is 1. The lowest BCUT2D eigenvalue weighted by molar-refractivity contribution is -0.148. The number of unbranched alkanes of at least 4 members (excludes halogenated alkanes) is 1. The lowest BCUT2D eigenvalue weighted by Crippen LogP contribution is -2.37. The van der Waals surface area contributed by atoms with Gasteiger partial charge in [0.05, 0.1) is 5.92 Å². The number of aromatic nitrogens is 2. The summed E-state index contributed by atoms with van der Waals surface area (Å²) in [6.07, 6.45) is 7.75. The summed E-state index contributed by atoms with van der Waals surface area (Å²) < 4.78 is 6.32. The normalized spacial score (nSPS) is 19.4. The first-order chi connectivity index (χ1) is 13.4. The number of ketones is 1. The molecule has 28 heavy (non-hydrogen) atoms. The third-order valence-electron chi connectivity index (χ3n) is 5.46. The van der Waals surface area contributed by atoms with Crippen LogP contribution in [0.15, 0.2) is 9.59 Å². The number of ether oxygens (including phenoxy) is 1. The highest BCUT2D eigenvalue weighted by Crippen LogP contribution is 2.32. The molecule has 0 radical (unpaired) electrons. The van der Waals surface area contributed by atoms with E-state index >= 15 is 0 Å². The zero-order chi connectivity index (χ0) is 20.7. The number of anilines is 1. The van der Waals surface area contributed by atoms with Gasteiger partial charge in [0.2, 0.25) is 5.78 Å². The first-order valence-corrected chi connectivity index (χ1v) is 10.2. The maximum absolute atomic E-state index is 12.4. The summed E-state index contributed by atoms with van der Waals surface area (Å²) in [7, 11) is 0. The van der Waals surface area contributed by atoms with E-state index in [9.17, 15) is 19.2 Å². The quantitative estimate of drug-likeness (QED) is 0.490. The molecule has 1 aromatic rings. The monoisotopic (exact) mass is 393 g/mol. The molecule has 1 fully saturated rings. The molecule has 1 aromatic heterocycles. The Kier molecular flexibility index (Phi) is 8.02. The average Bonchev–Trinajstić information content (AvgIpc) is 2.68. The van der Waals surface area contributed by atoms with E-state index in [1.807, 2.05) is 6.92 Å². The maximum Gasteiger partial charge on any atom is 0.329 e. The summed E-state index contributed by atoms with van der Waals surface area (Å²) in [6.45, 7) is 3.75. The van der Waals surface area contributed by atoms with Crippen molar-refractivity contribution in [1.29, 1.82) is 0 Å². The van der Waals surface area contributed by atoms with Crippen molar-refractivity contribution in [2.75, 3.05) is 12.3 Å². The molecule has 0 atom stereocenters. The Hall–Kier alpha value is -2.38. The fraction of sp³-hybridized carbons (Fsp3) is 0.700. The van der Waals surface area contributed by atoms with Crippen LogP contribution >= 0.6 is 0 Å². The first-order valence-electron chi connectivity index (χ1n) is 10.2. The smallest absolute Gasteiger partial charge is 0.329 e. The van der Waals surface area contributed by atoms with Crippen molar-refractivity contribution in [3.05, 3.63) is 26.4 Å². The molecule has 156 valence electrons. The van der Waals surface area contributed by atoms with E-state index in [0.717, 1.165) is 30.3 Å². The second-order valence-electron chi connectivity index (χ2n) is 7.56. The van der Waals surface area contributed by atoms with Crippen molar-refractivity contribution in [2.24, 2.45) is 11.8 Å². The van der Waals surface area contributed by atoms with Gasteiger partial charge in [-0.25, -0.2) is 4.79 Å². The molecule has 0 amide bonds. The summed E-state index contributed by atoms with van der Waals surface area (Å²) in [6, 6.07) is 0. The first kappa shape index (κ1) is 21.9. The van der Waals surface area contributed by atoms with Crippen molar-refractivity contribution < 1.29 is 14.3 Å². The number of H-pyrrole nitrogens is 1. The minimum absolute atomic E-state index is 0.187. The van der Waals surface area contributed by atoms with Gasteiger partial charge in [-0.1, -0.05) is 33.1 Å². The molecule has 0 aromatic carbocycles. The van der Waals surface area contributed by atoms with Gasteiger partial charge in [-0.05, 0) is 38.0 Å². The van der Waals surface area contributed by atoms with E-state index in [1.165, 1.54) is 19.3 Å². The Labute approximate surface area is 164 Å². The van der Waals surface area contributed by atoms with Crippen LogP contribution in [0.2, 0.25) is 0 Å². The molecule has 0 aliphatic heterocycles. The number of hydrogen-bond donors (Lipinski definition) is 2. The molecule has 2 rings (SSSR count). The van der Waals surface area contributed by atoms with E-state index in [4.69, 9.17) is 10.5 Å². The molecule has 3 N–H and O–H groups in total. The molecule has 0 saturated heterocycles. The Morgan fingerprint density at radius 3 is 2.43 bits per heavy atom. The maximum atomic E-state index is 12.4. The van der Waals surface area contributed by atoms with E-state index in [-0.39, 0.29) is 23.8 Å². The number of esters is 1. The molecule has 0 bridgehead atoms. The van der Waals surface area contributed by atoms with Crippen LogP contribution in [-0.2, 0) is 16.1 Å². The number of rotatable bonds is 9. The van der Waals surface area contributed by atoms with Crippen LogP contribution in [0.4, 0.5) is 5.82 Å². The highest BCUT2D eigenvalue weighted by molar-refractivity contribution is 6.01. The Morgan fingerprint density at radius 2 is 1.82 bits per heavy atom. The second-order valence-corrected chi connectivity index (χ2v) is 7.56. The molecule has 8 heteroatoms. The number of carbonyl (C=O) groups is 2. The van der Waals surface area contributed by atoms with Crippen LogP contribution < -0.4 is 17.0 Å². The second kappa shape index (κ2) is 10.2. The van der Waals surface area contributed by atoms with E-state index in [1.54, 1.807) is 0 Å². The van der Waals surface area contributed by atoms with Gasteiger partial charge in [-0.15, -0.1) is 0 Å². The largest absolute Gasteiger partial charge is 0.457 e. The predicted molar refractivity (Wildman–Crippen MR) is 106 cm³/mol. The van der Waals surface area contributed by atoms with Crippen LogP contribution in [0.1, 0.15) is 75.6 Å². The summed E-state index contributed by atoms with van der Waals surface area (Å²) in [4.78, 5) is 50.7. The number of hydrogen-bond acceptors (Lipinski definition) is 6. The van der Waals surface area contributed by atoms with E-state index in [2.05, 4.69) is 11.9 Å². The zero-order valence-corrected chi connectivity index (χ0v) is 16.8. The number of aromatic amines is 1. The van der Waals surface area contributed by atoms with Crippen molar-refractivity contribution in [3.63, 3.8) is 0 Å². The van der Waals surface area contributed by atoms with Crippen molar-refractivity contribution in [2.45, 2.75) is 71.8 Å². The average molecular weight is 393 g/mol. The molecule has 8 nitrogen and oxygen atoms in total. The van der Waals surface area contributed by atoms with Crippen molar-refractivity contribution >= 4 is 17.6 Å². The molecule has 0 spiro atoms. The highest BCUT2D eigenvalue weighted by Gasteiger charge is 2.28. The van der Waals surface area contributed by atoms with Gasteiger partial charge in [-0.3, -0.25) is 23.9 Å². The van der Waals surface area contributed by atoms with Gasteiger partial charge >= 0.3 is 11.7 Å². The molecular formula is C20H31N3O5. The van der Waals surface area contributed by atoms with Gasteiger partial charge < -0.3 is 10.5 Å². The van der Waals surface area contributed by atoms with Crippen LogP contribution in [0.3, 0.4) is 0 Å². The molecule has 0 unspecified atom stereocenters.